The fraction of sp³-hybridized carbons (Fsp3) is 0.944. The monoisotopic (exact) mass is 515 g/mol. The summed E-state index contributed by atoms with van der Waals surface area (Å²) >= 11 is 0. The molecule has 1 atom stereocenters. The van der Waals surface area contributed by atoms with Crippen molar-refractivity contribution in [3.63, 3.8) is 0 Å². The lowest BCUT2D eigenvalue weighted by molar-refractivity contribution is 0.232. The zero-order valence-electron chi connectivity index (χ0n) is 17.4. The molecule has 0 saturated carbocycles. The van der Waals surface area contributed by atoms with Gasteiger partial charge in [0, 0.05) is 45.8 Å². The summed E-state index contributed by atoms with van der Waals surface area (Å²) in [5, 5.41) is 3.41. The zero-order valence-corrected chi connectivity index (χ0v) is 20.5. The second-order valence-electron chi connectivity index (χ2n) is 7.61. The Balaban J connectivity index is 0.00000364. The summed E-state index contributed by atoms with van der Waals surface area (Å²) < 4.78 is 24.8. The Hall–Kier alpha value is -0.130. The number of aliphatic imine (C=N–C) groups is 1. The van der Waals surface area contributed by atoms with Crippen molar-refractivity contribution in [1.29, 1.82) is 0 Å². The predicted octanol–water partition coefficient (Wildman–Crippen LogP) is 1.66. The molecular formula is C18H38IN5O2S. The van der Waals surface area contributed by atoms with E-state index in [2.05, 4.69) is 36.0 Å². The van der Waals surface area contributed by atoms with Gasteiger partial charge in [0.15, 0.2) is 5.96 Å². The molecule has 2 fully saturated rings. The van der Waals surface area contributed by atoms with Crippen molar-refractivity contribution in [3.05, 3.63) is 0 Å². The fourth-order valence-electron chi connectivity index (χ4n) is 4.03. The van der Waals surface area contributed by atoms with E-state index in [0.717, 1.165) is 45.0 Å². The highest BCUT2D eigenvalue weighted by Gasteiger charge is 2.26. The minimum absolute atomic E-state index is 0. The molecule has 2 heterocycles. The van der Waals surface area contributed by atoms with Crippen LogP contribution in [0.3, 0.4) is 0 Å². The number of hydrogen-bond donors (Lipinski definition) is 1. The lowest BCUT2D eigenvalue weighted by atomic mass is 9.98. The van der Waals surface area contributed by atoms with Crippen LogP contribution >= 0.6 is 24.0 Å². The van der Waals surface area contributed by atoms with Gasteiger partial charge in [0.2, 0.25) is 10.0 Å². The van der Waals surface area contributed by atoms with Gasteiger partial charge in [0.05, 0.1) is 6.26 Å². The first-order valence-corrected chi connectivity index (χ1v) is 11.9. The lowest BCUT2D eigenvalue weighted by Gasteiger charge is -2.31. The van der Waals surface area contributed by atoms with Crippen molar-refractivity contribution in [3.8, 4) is 0 Å². The number of likely N-dealkylation sites (N-methyl/N-ethyl adjacent to an activating group) is 2. The molecule has 0 radical (unpaired) electrons. The number of guanidine groups is 1. The van der Waals surface area contributed by atoms with Crippen LogP contribution < -0.4 is 5.32 Å². The summed E-state index contributed by atoms with van der Waals surface area (Å²) in [6.07, 6.45) is 5.64. The highest BCUT2D eigenvalue weighted by atomic mass is 127. The van der Waals surface area contributed by atoms with Gasteiger partial charge in [-0.3, -0.25) is 9.89 Å². The SMILES string of the molecule is CCNC(=NCC1CCN(S(C)(=O)=O)CC1)N(C)CC1CCCN1CC.I. The molecule has 9 heteroatoms. The van der Waals surface area contributed by atoms with E-state index in [4.69, 9.17) is 4.99 Å². The van der Waals surface area contributed by atoms with Crippen LogP contribution in [-0.2, 0) is 10.0 Å². The average molecular weight is 516 g/mol. The average Bonchev–Trinajstić information content (AvgIpc) is 3.05. The van der Waals surface area contributed by atoms with E-state index in [1.165, 1.54) is 25.6 Å². The van der Waals surface area contributed by atoms with Gasteiger partial charge >= 0.3 is 0 Å². The van der Waals surface area contributed by atoms with Crippen molar-refractivity contribution >= 4 is 40.0 Å². The number of likely N-dealkylation sites (tertiary alicyclic amines) is 1. The van der Waals surface area contributed by atoms with E-state index in [9.17, 15) is 8.42 Å². The van der Waals surface area contributed by atoms with Gasteiger partial charge in [-0.2, -0.15) is 0 Å². The van der Waals surface area contributed by atoms with Gasteiger partial charge in [-0.25, -0.2) is 12.7 Å². The van der Waals surface area contributed by atoms with Crippen LogP contribution in [0.2, 0.25) is 0 Å². The number of rotatable bonds is 7. The number of halogens is 1. The summed E-state index contributed by atoms with van der Waals surface area (Å²) in [7, 11) is -0.927. The maximum absolute atomic E-state index is 11.6. The van der Waals surface area contributed by atoms with E-state index in [-0.39, 0.29) is 24.0 Å². The molecule has 0 spiro atoms. The van der Waals surface area contributed by atoms with Crippen LogP contribution in [0.15, 0.2) is 4.99 Å². The molecule has 2 aliphatic rings. The van der Waals surface area contributed by atoms with Crippen LogP contribution in [0.1, 0.15) is 39.5 Å². The third kappa shape index (κ3) is 7.66. The van der Waals surface area contributed by atoms with E-state index in [1.54, 1.807) is 4.31 Å². The van der Waals surface area contributed by atoms with Crippen LogP contribution in [0.25, 0.3) is 0 Å². The van der Waals surface area contributed by atoms with Gasteiger partial charge in [0.25, 0.3) is 0 Å². The molecular weight excluding hydrogens is 477 g/mol. The Morgan fingerprint density at radius 1 is 1.19 bits per heavy atom. The summed E-state index contributed by atoms with van der Waals surface area (Å²) in [4.78, 5) is 9.68. The normalized spacial score (nSPS) is 23.3. The van der Waals surface area contributed by atoms with Crippen molar-refractivity contribution in [1.82, 2.24) is 19.4 Å². The second kappa shape index (κ2) is 11.8. The minimum Gasteiger partial charge on any atom is -0.357 e. The number of piperidine rings is 1. The Labute approximate surface area is 183 Å². The van der Waals surface area contributed by atoms with Crippen LogP contribution in [-0.4, -0.2) is 93.6 Å². The summed E-state index contributed by atoms with van der Waals surface area (Å²) in [6.45, 7) is 10.5. The third-order valence-electron chi connectivity index (χ3n) is 5.63. The molecule has 1 unspecified atom stereocenters. The van der Waals surface area contributed by atoms with Gasteiger partial charge < -0.3 is 10.2 Å². The molecule has 2 aliphatic heterocycles. The Morgan fingerprint density at radius 2 is 1.85 bits per heavy atom. The van der Waals surface area contributed by atoms with Crippen LogP contribution in [0.4, 0.5) is 0 Å². The molecule has 160 valence electrons. The van der Waals surface area contributed by atoms with Gasteiger partial charge in [0.1, 0.15) is 0 Å². The summed E-state index contributed by atoms with van der Waals surface area (Å²) in [5.41, 5.74) is 0. The highest BCUT2D eigenvalue weighted by molar-refractivity contribution is 14.0. The Morgan fingerprint density at radius 3 is 2.41 bits per heavy atom. The van der Waals surface area contributed by atoms with Crippen molar-refractivity contribution < 1.29 is 8.42 Å². The lowest BCUT2D eigenvalue weighted by Crippen LogP contribution is -2.46. The number of nitrogens with one attached hydrogen (secondary N) is 1. The molecule has 0 aromatic carbocycles. The quantitative estimate of drug-likeness (QED) is 0.318. The third-order valence-corrected chi connectivity index (χ3v) is 6.93. The molecule has 27 heavy (non-hydrogen) atoms. The number of hydrogen-bond acceptors (Lipinski definition) is 4. The van der Waals surface area contributed by atoms with E-state index in [1.807, 2.05) is 0 Å². The van der Waals surface area contributed by atoms with Crippen LogP contribution in [0.5, 0.6) is 0 Å². The standard InChI is InChI=1S/C18H37N5O2S.HI/c1-5-19-18(21(3)15-17-8-7-11-22(17)6-2)20-14-16-9-12-23(13-10-16)26(4,24)25;/h16-17H,5-15H2,1-4H3,(H,19,20);1H. The molecule has 0 bridgehead atoms. The Bertz CT molecular complexity index is 564. The van der Waals surface area contributed by atoms with Crippen molar-refractivity contribution in [2.45, 2.75) is 45.6 Å². The first-order chi connectivity index (χ1) is 12.3. The topological polar surface area (TPSA) is 68.2 Å². The highest BCUT2D eigenvalue weighted by Crippen LogP contribution is 2.20. The zero-order chi connectivity index (χ0) is 19.2. The van der Waals surface area contributed by atoms with Gasteiger partial charge in [-0.1, -0.05) is 6.92 Å². The molecule has 0 amide bonds. The second-order valence-corrected chi connectivity index (χ2v) is 9.59. The summed E-state index contributed by atoms with van der Waals surface area (Å²) in [5.74, 6) is 1.44. The minimum atomic E-state index is -3.05. The molecule has 0 aliphatic carbocycles. The number of sulfonamides is 1. The van der Waals surface area contributed by atoms with Gasteiger partial charge in [-0.15, -0.1) is 24.0 Å². The molecule has 2 saturated heterocycles. The van der Waals surface area contributed by atoms with Crippen molar-refractivity contribution in [2.24, 2.45) is 10.9 Å². The summed E-state index contributed by atoms with van der Waals surface area (Å²) in [6, 6.07) is 0.617. The van der Waals surface area contributed by atoms with Crippen LogP contribution in [0, 0.1) is 5.92 Å². The molecule has 0 aromatic rings. The molecule has 2 rings (SSSR count). The largest absolute Gasteiger partial charge is 0.357 e. The maximum Gasteiger partial charge on any atom is 0.211 e. The smallest absolute Gasteiger partial charge is 0.211 e. The van der Waals surface area contributed by atoms with Crippen molar-refractivity contribution in [2.75, 3.05) is 59.1 Å². The fourth-order valence-corrected chi connectivity index (χ4v) is 4.90. The van der Waals surface area contributed by atoms with E-state index < -0.39 is 10.0 Å². The molecule has 7 nitrogen and oxygen atoms in total. The first kappa shape index (κ1) is 24.9. The Kier molecular flexibility index (Phi) is 10.9. The van der Waals surface area contributed by atoms with E-state index in [0.29, 0.717) is 25.0 Å². The molecule has 1 N–H and O–H groups in total. The van der Waals surface area contributed by atoms with E-state index >= 15 is 0 Å². The predicted molar refractivity (Wildman–Crippen MR) is 123 cm³/mol. The first-order valence-electron chi connectivity index (χ1n) is 10.0. The number of nitrogens with zero attached hydrogens (tertiary/aromatic N) is 4. The maximum atomic E-state index is 11.6. The van der Waals surface area contributed by atoms with Gasteiger partial charge in [-0.05, 0) is 51.6 Å². The molecule has 0 aromatic heterocycles.